The van der Waals surface area contributed by atoms with Crippen LogP contribution in [0.4, 0.5) is 0 Å². The Labute approximate surface area is 121 Å². The zero-order valence-corrected chi connectivity index (χ0v) is 13.0. The number of benzene rings is 1. The number of rotatable bonds is 3. The standard InChI is InChI=1S/C12H15BrClNO2S/c13-9-11-5-1-2-7-15(11)18(16,17)12-6-3-4-10(14)8-12/h3-4,6,8,11H,1-2,5,7,9H2. The van der Waals surface area contributed by atoms with E-state index < -0.39 is 10.0 Å². The molecule has 1 saturated heterocycles. The number of halogens is 2. The molecular formula is C12H15BrClNO2S. The first-order chi connectivity index (χ1) is 8.55. The van der Waals surface area contributed by atoms with Gasteiger partial charge in [0, 0.05) is 22.9 Å². The van der Waals surface area contributed by atoms with Crippen LogP contribution in [0.1, 0.15) is 19.3 Å². The minimum atomic E-state index is -3.43. The van der Waals surface area contributed by atoms with Crippen LogP contribution in [0.3, 0.4) is 0 Å². The van der Waals surface area contributed by atoms with E-state index in [-0.39, 0.29) is 10.9 Å². The zero-order chi connectivity index (χ0) is 13.2. The summed E-state index contributed by atoms with van der Waals surface area (Å²) >= 11 is 9.27. The third kappa shape index (κ3) is 2.90. The van der Waals surface area contributed by atoms with Gasteiger partial charge >= 0.3 is 0 Å². The Morgan fingerprint density at radius 1 is 1.39 bits per heavy atom. The highest BCUT2D eigenvalue weighted by Gasteiger charge is 2.32. The maximum absolute atomic E-state index is 12.6. The Hall–Kier alpha value is -0.100. The van der Waals surface area contributed by atoms with Crippen LogP contribution in [0, 0.1) is 0 Å². The molecule has 6 heteroatoms. The van der Waals surface area contributed by atoms with E-state index in [0.29, 0.717) is 16.9 Å². The molecule has 0 saturated carbocycles. The molecule has 1 heterocycles. The molecule has 2 rings (SSSR count). The van der Waals surface area contributed by atoms with E-state index >= 15 is 0 Å². The number of piperidine rings is 1. The molecule has 1 fully saturated rings. The summed E-state index contributed by atoms with van der Waals surface area (Å²) in [6.07, 6.45) is 2.91. The van der Waals surface area contributed by atoms with Crippen LogP contribution in [0.15, 0.2) is 29.2 Å². The minimum Gasteiger partial charge on any atom is -0.207 e. The van der Waals surface area contributed by atoms with Crippen molar-refractivity contribution in [1.29, 1.82) is 0 Å². The molecule has 0 bridgehead atoms. The van der Waals surface area contributed by atoms with Gasteiger partial charge in [0.05, 0.1) is 4.90 Å². The molecule has 100 valence electrons. The first kappa shape index (κ1) is 14.3. The number of hydrogen-bond acceptors (Lipinski definition) is 2. The maximum Gasteiger partial charge on any atom is 0.243 e. The average molecular weight is 353 g/mol. The Bertz CT molecular complexity index is 521. The van der Waals surface area contributed by atoms with E-state index in [0.717, 1.165) is 19.3 Å². The quantitative estimate of drug-likeness (QED) is 0.783. The van der Waals surface area contributed by atoms with Gasteiger partial charge in [-0.05, 0) is 31.0 Å². The molecule has 1 aliphatic heterocycles. The molecule has 1 unspecified atom stereocenters. The van der Waals surface area contributed by atoms with E-state index in [9.17, 15) is 8.42 Å². The molecule has 1 atom stereocenters. The molecule has 0 spiro atoms. The van der Waals surface area contributed by atoms with Gasteiger partial charge in [0.15, 0.2) is 0 Å². The summed E-state index contributed by atoms with van der Waals surface area (Å²) in [6.45, 7) is 0.588. The van der Waals surface area contributed by atoms with E-state index in [4.69, 9.17) is 11.6 Å². The van der Waals surface area contributed by atoms with Gasteiger partial charge in [0.2, 0.25) is 10.0 Å². The van der Waals surface area contributed by atoms with E-state index in [1.807, 2.05) is 0 Å². The Morgan fingerprint density at radius 2 is 2.17 bits per heavy atom. The van der Waals surface area contributed by atoms with Crippen LogP contribution in [0.5, 0.6) is 0 Å². The van der Waals surface area contributed by atoms with Crippen molar-refractivity contribution in [2.75, 3.05) is 11.9 Å². The fraction of sp³-hybridized carbons (Fsp3) is 0.500. The van der Waals surface area contributed by atoms with Crippen molar-refractivity contribution >= 4 is 37.6 Å². The largest absolute Gasteiger partial charge is 0.243 e. The lowest BCUT2D eigenvalue weighted by atomic mass is 10.1. The number of nitrogens with zero attached hydrogens (tertiary/aromatic N) is 1. The summed E-state index contributed by atoms with van der Waals surface area (Å²) in [5.74, 6) is 0. The molecule has 18 heavy (non-hydrogen) atoms. The highest BCUT2D eigenvalue weighted by Crippen LogP contribution is 2.27. The molecule has 1 aromatic rings. The van der Waals surface area contributed by atoms with Gasteiger partial charge in [0.25, 0.3) is 0 Å². The zero-order valence-electron chi connectivity index (χ0n) is 9.85. The van der Waals surface area contributed by atoms with Crippen molar-refractivity contribution in [2.45, 2.75) is 30.2 Å². The molecule has 1 aromatic carbocycles. The van der Waals surface area contributed by atoms with Gasteiger partial charge in [-0.25, -0.2) is 8.42 Å². The van der Waals surface area contributed by atoms with Crippen molar-refractivity contribution < 1.29 is 8.42 Å². The van der Waals surface area contributed by atoms with Crippen molar-refractivity contribution in [1.82, 2.24) is 4.31 Å². The van der Waals surface area contributed by atoms with Gasteiger partial charge in [0.1, 0.15) is 0 Å². The fourth-order valence-electron chi connectivity index (χ4n) is 2.21. The molecule has 0 radical (unpaired) electrons. The van der Waals surface area contributed by atoms with Crippen molar-refractivity contribution in [2.24, 2.45) is 0 Å². The minimum absolute atomic E-state index is 0.0442. The topological polar surface area (TPSA) is 37.4 Å². The smallest absolute Gasteiger partial charge is 0.207 e. The lowest BCUT2D eigenvalue weighted by Gasteiger charge is -2.33. The second kappa shape index (κ2) is 5.90. The Morgan fingerprint density at radius 3 is 2.83 bits per heavy atom. The maximum atomic E-state index is 12.6. The summed E-state index contributed by atoms with van der Waals surface area (Å²) in [6, 6.07) is 6.50. The predicted octanol–water partition coefficient (Wildman–Crippen LogP) is 3.28. The van der Waals surface area contributed by atoms with Gasteiger partial charge in [-0.2, -0.15) is 4.31 Å². The Balaban J connectivity index is 2.35. The molecule has 0 amide bonds. The van der Waals surface area contributed by atoms with Crippen molar-refractivity contribution in [3.8, 4) is 0 Å². The van der Waals surface area contributed by atoms with Crippen LogP contribution in [-0.2, 0) is 10.0 Å². The Kier molecular flexibility index (Phi) is 4.69. The average Bonchev–Trinajstić information content (AvgIpc) is 2.38. The van der Waals surface area contributed by atoms with Crippen LogP contribution < -0.4 is 0 Å². The number of alkyl halides is 1. The summed E-state index contributed by atoms with van der Waals surface area (Å²) in [7, 11) is -3.43. The van der Waals surface area contributed by atoms with E-state index in [1.54, 1.807) is 22.5 Å². The molecule has 3 nitrogen and oxygen atoms in total. The van der Waals surface area contributed by atoms with Crippen LogP contribution in [0.2, 0.25) is 5.02 Å². The van der Waals surface area contributed by atoms with Crippen LogP contribution >= 0.6 is 27.5 Å². The second-order valence-corrected chi connectivity index (χ2v) is 7.35. The van der Waals surface area contributed by atoms with Crippen LogP contribution in [0.25, 0.3) is 0 Å². The molecule has 0 aromatic heterocycles. The predicted molar refractivity (Wildman–Crippen MR) is 76.8 cm³/mol. The lowest BCUT2D eigenvalue weighted by Crippen LogP contribution is -2.44. The summed E-state index contributed by atoms with van der Waals surface area (Å²) in [4.78, 5) is 0.280. The van der Waals surface area contributed by atoms with E-state index in [1.165, 1.54) is 6.07 Å². The van der Waals surface area contributed by atoms with Gasteiger partial charge < -0.3 is 0 Å². The summed E-state index contributed by atoms with van der Waals surface area (Å²) in [5, 5.41) is 1.12. The summed E-state index contributed by atoms with van der Waals surface area (Å²) in [5.41, 5.74) is 0. The number of hydrogen-bond donors (Lipinski definition) is 0. The van der Waals surface area contributed by atoms with E-state index in [2.05, 4.69) is 15.9 Å². The highest BCUT2D eigenvalue weighted by molar-refractivity contribution is 9.09. The molecule has 1 aliphatic rings. The van der Waals surface area contributed by atoms with Gasteiger partial charge in [-0.3, -0.25) is 0 Å². The first-order valence-corrected chi connectivity index (χ1v) is 8.83. The monoisotopic (exact) mass is 351 g/mol. The van der Waals surface area contributed by atoms with Crippen LogP contribution in [-0.4, -0.2) is 30.6 Å². The molecule has 0 N–H and O–H groups in total. The lowest BCUT2D eigenvalue weighted by molar-refractivity contribution is 0.273. The third-order valence-corrected chi connectivity index (χ3v) is 6.08. The van der Waals surface area contributed by atoms with Crippen molar-refractivity contribution in [3.05, 3.63) is 29.3 Å². The molecular weight excluding hydrogens is 338 g/mol. The molecule has 0 aliphatic carbocycles. The third-order valence-electron chi connectivity index (χ3n) is 3.15. The highest BCUT2D eigenvalue weighted by atomic mass is 79.9. The summed E-state index contributed by atoms with van der Waals surface area (Å²) < 4.78 is 26.7. The number of sulfonamides is 1. The fourth-order valence-corrected chi connectivity index (χ4v) is 5.07. The second-order valence-electron chi connectivity index (χ2n) is 4.38. The van der Waals surface area contributed by atoms with Gasteiger partial charge in [-0.1, -0.05) is 40.0 Å². The first-order valence-electron chi connectivity index (χ1n) is 5.89. The van der Waals surface area contributed by atoms with Gasteiger partial charge in [-0.15, -0.1) is 0 Å². The normalized spacial score (nSPS) is 22.0. The SMILES string of the molecule is O=S(=O)(c1cccc(Cl)c1)N1CCCCC1CBr. The van der Waals surface area contributed by atoms with Crippen molar-refractivity contribution in [3.63, 3.8) is 0 Å².